The van der Waals surface area contributed by atoms with E-state index in [1.165, 1.54) is 18.5 Å². The molecule has 0 saturated heterocycles. The third-order valence-electron chi connectivity index (χ3n) is 3.29. The van der Waals surface area contributed by atoms with Gasteiger partial charge in [0.15, 0.2) is 10.8 Å². The lowest BCUT2D eigenvalue weighted by Gasteiger charge is -2.00. The summed E-state index contributed by atoms with van der Waals surface area (Å²) in [7, 11) is 0. The molecule has 0 amide bonds. The molecule has 0 N–H and O–H groups in total. The van der Waals surface area contributed by atoms with Crippen LogP contribution in [0.1, 0.15) is 30.1 Å². The first-order valence-corrected chi connectivity index (χ1v) is 7.93. The van der Waals surface area contributed by atoms with Gasteiger partial charge in [0.1, 0.15) is 0 Å². The summed E-state index contributed by atoms with van der Waals surface area (Å²) in [4.78, 5) is 5.68. The fourth-order valence-corrected chi connectivity index (χ4v) is 3.43. The van der Waals surface area contributed by atoms with Crippen molar-refractivity contribution < 1.29 is 0 Å². The number of alkyl halides is 1. The lowest BCUT2D eigenvalue weighted by Crippen LogP contribution is -2.00. The van der Waals surface area contributed by atoms with Gasteiger partial charge in [-0.25, -0.2) is 4.68 Å². The Kier molecular flexibility index (Phi) is 2.35. The first kappa shape index (κ1) is 10.8. The lowest BCUT2D eigenvalue weighted by atomic mass is 10.3. The largest absolute Gasteiger partial charge is 0.292 e. The average molecular weight is 323 g/mol. The summed E-state index contributed by atoms with van der Waals surface area (Å²) in [6.45, 7) is 0. The van der Waals surface area contributed by atoms with Gasteiger partial charge in [-0.05, 0) is 18.9 Å². The van der Waals surface area contributed by atoms with Crippen molar-refractivity contribution in [1.82, 2.24) is 19.2 Å². The third kappa shape index (κ3) is 1.55. The van der Waals surface area contributed by atoms with Crippen LogP contribution in [-0.4, -0.2) is 19.2 Å². The molecule has 1 aliphatic rings. The molecule has 3 heterocycles. The zero-order valence-electron chi connectivity index (χ0n) is 9.58. The second-order valence-electron chi connectivity index (χ2n) is 4.53. The van der Waals surface area contributed by atoms with Crippen molar-refractivity contribution in [2.24, 2.45) is 0 Å². The van der Waals surface area contributed by atoms with E-state index in [-0.39, 0.29) is 0 Å². The highest BCUT2D eigenvalue weighted by Gasteiger charge is 2.26. The van der Waals surface area contributed by atoms with Crippen LogP contribution in [-0.2, 0) is 5.33 Å². The molecule has 1 fully saturated rings. The van der Waals surface area contributed by atoms with E-state index in [1.807, 2.05) is 10.9 Å². The Hall–Kier alpha value is -1.14. The Morgan fingerprint density at radius 1 is 1.39 bits per heavy atom. The smallest absolute Gasteiger partial charge is 0.195 e. The van der Waals surface area contributed by atoms with E-state index in [4.69, 9.17) is 0 Å². The number of thiazole rings is 1. The van der Waals surface area contributed by atoms with Crippen LogP contribution < -0.4 is 0 Å². The fraction of sp³-hybridized carbons (Fsp3) is 0.333. The molecule has 0 radical (unpaired) electrons. The van der Waals surface area contributed by atoms with Crippen molar-refractivity contribution in [2.45, 2.75) is 24.1 Å². The lowest BCUT2D eigenvalue weighted by molar-refractivity contribution is 0.811. The molecule has 4 rings (SSSR count). The molecule has 0 aromatic carbocycles. The monoisotopic (exact) mass is 322 g/mol. The number of halogens is 1. The van der Waals surface area contributed by atoms with Crippen molar-refractivity contribution >= 4 is 32.2 Å². The Balaban J connectivity index is 1.86. The van der Waals surface area contributed by atoms with Gasteiger partial charge in [0.25, 0.3) is 0 Å². The summed E-state index contributed by atoms with van der Waals surface area (Å²) < 4.78 is 4.02. The number of aromatic nitrogens is 4. The molecule has 3 aromatic rings. The molecular weight excluding hydrogens is 312 g/mol. The van der Waals surface area contributed by atoms with Crippen LogP contribution in [0.3, 0.4) is 0 Å². The van der Waals surface area contributed by atoms with Crippen molar-refractivity contribution in [3.05, 3.63) is 35.2 Å². The van der Waals surface area contributed by atoms with Gasteiger partial charge in [-0.2, -0.15) is 10.1 Å². The third-order valence-corrected chi connectivity index (χ3v) is 4.58. The maximum absolute atomic E-state index is 4.66. The van der Waals surface area contributed by atoms with E-state index in [9.17, 15) is 0 Å². The minimum absolute atomic E-state index is 0.683. The topological polar surface area (TPSA) is 35.1 Å². The maximum atomic E-state index is 4.66. The second-order valence-corrected chi connectivity index (χ2v) is 5.96. The fourth-order valence-electron chi connectivity index (χ4n) is 2.18. The van der Waals surface area contributed by atoms with Gasteiger partial charge < -0.3 is 0 Å². The normalized spacial score (nSPS) is 15.6. The highest BCUT2D eigenvalue weighted by Crippen LogP contribution is 2.39. The van der Waals surface area contributed by atoms with Gasteiger partial charge in [0.2, 0.25) is 0 Å². The number of imidazole rings is 1. The molecule has 0 unspecified atom stereocenters. The molecule has 4 nitrogen and oxygen atoms in total. The standard InChI is InChI=1S/C12H11BrN4S/c13-7-10-11(14-12-16(10)5-6-18-12)17-4-3-9(15-17)8-1-2-8/h3-6,8H,1-2,7H2. The highest BCUT2D eigenvalue weighted by atomic mass is 79.9. The number of rotatable bonds is 3. The molecule has 1 aliphatic carbocycles. The van der Waals surface area contributed by atoms with E-state index >= 15 is 0 Å². The molecule has 92 valence electrons. The molecule has 3 aromatic heterocycles. The van der Waals surface area contributed by atoms with Gasteiger partial charge in [0.05, 0.1) is 11.4 Å². The van der Waals surface area contributed by atoms with E-state index < -0.39 is 0 Å². The Morgan fingerprint density at radius 2 is 2.28 bits per heavy atom. The van der Waals surface area contributed by atoms with Gasteiger partial charge in [-0.15, -0.1) is 11.3 Å². The molecule has 18 heavy (non-hydrogen) atoms. The van der Waals surface area contributed by atoms with Gasteiger partial charge in [-0.3, -0.25) is 4.40 Å². The summed E-state index contributed by atoms with van der Waals surface area (Å²) in [5, 5.41) is 7.48. The molecule has 0 spiro atoms. The predicted octanol–water partition coefficient (Wildman–Crippen LogP) is 3.35. The molecule has 0 atom stereocenters. The number of hydrogen-bond donors (Lipinski definition) is 0. The first-order valence-electron chi connectivity index (χ1n) is 5.93. The minimum Gasteiger partial charge on any atom is -0.292 e. The summed E-state index contributed by atoms with van der Waals surface area (Å²) in [5.41, 5.74) is 2.35. The van der Waals surface area contributed by atoms with E-state index in [0.717, 1.165) is 21.8 Å². The molecule has 0 bridgehead atoms. The van der Waals surface area contributed by atoms with Crippen molar-refractivity contribution in [2.75, 3.05) is 0 Å². The first-order chi connectivity index (χ1) is 8.86. The SMILES string of the molecule is BrCc1c(-n2ccc(C3CC3)n2)nc2sccn12. The van der Waals surface area contributed by atoms with Crippen LogP contribution in [0.25, 0.3) is 10.8 Å². The van der Waals surface area contributed by atoms with Crippen molar-refractivity contribution in [3.63, 3.8) is 0 Å². The van der Waals surface area contributed by atoms with Gasteiger partial charge >= 0.3 is 0 Å². The van der Waals surface area contributed by atoms with Crippen molar-refractivity contribution in [1.29, 1.82) is 0 Å². The van der Waals surface area contributed by atoms with Gasteiger partial charge in [0, 0.05) is 29.0 Å². The van der Waals surface area contributed by atoms with E-state index in [2.05, 4.69) is 48.1 Å². The summed E-state index contributed by atoms with van der Waals surface area (Å²) in [6.07, 6.45) is 6.63. The van der Waals surface area contributed by atoms with Crippen molar-refractivity contribution in [3.8, 4) is 5.82 Å². The maximum Gasteiger partial charge on any atom is 0.195 e. The second kappa shape index (κ2) is 3.93. The van der Waals surface area contributed by atoms with Crippen LogP contribution in [0.5, 0.6) is 0 Å². The van der Waals surface area contributed by atoms with Crippen LogP contribution in [0, 0.1) is 0 Å². The highest BCUT2D eigenvalue weighted by molar-refractivity contribution is 9.08. The van der Waals surface area contributed by atoms with E-state index in [0.29, 0.717) is 5.92 Å². The molecule has 1 saturated carbocycles. The summed E-state index contributed by atoms with van der Waals surface area (Å²) >= 11 is 5.19. The van der Waals surface area contributed by atoms with Crippen LogP contribution in [0.15, 0.2) is 23.8 Å². The number of nitrogens with zero attached hydrogens (tertiary/aromatic N) is 4. The number of fused-ring (bicyclic) bond motifs is 1. The van der Waals surface area contributed by atoms with Crippen LogP contribution in [0.2, 0.25) is 0 Å². The predicted molar refractivity (Wildman–Crippen MR) is 74.8 cm³/mol. The quantitative estimate of drug-likeness (QED) is 0.693. The van der Waals surface area contributed by atoms with Crippen LogP contribution in [0.4, 0.5) is 0 Å². The Morgan fingerprint density at radius 3 is 3.06 bits per heavy atom. The number of hydrogen-bond acceptors (Lipinski definition) is 3. The van der Waals surface area contributed by atoms with Gasteiger partial charge in [-0.1, -0.05) is 15.9 Å². The zero-order valence-corrected chi connectivity index (χ0v) is 12.0. The minimum atomic E-state index is 0.683. The summed E-state index contributed by atoms with van der Waals surface area (Å²) in [6, 6.07) is 2.11. The van der Waals surface area contributed by atoms with Crippen LogP contribution >= 0.6 is 27.3 Å². The molecule has 6 heteroatoms. The Labute approximate surface area is 116 Å². The Bertz CT molecular complexity index is 707. The zero-order chi connectivity index (χ0) is 12.1. The molecule has 0 aliphatic heterocycles. The van der Waals surface area contributed by atoms with E-state index in [1.54, 1.807) is 11.3 Å². The summed E-state index contributed by atoms with van der Waals surface area (Å²) in [5.74, 6) is 1.62. The molecular formula is C12H11BrN4S. The average Bonchev–Trinajstić information content (AvgIpc) is 2.83.